The van der Waals surface area contributed by atoms with Crippen LogP contribution in [0.15, 0.2) is 45.6 Å². The van der Waals surface area contributed by atoms with Crippen LogP contribution in [-0.2, 0) is 14.2 Å². The molecule has 0 unspecified atom stereocenters. The van der Waals surface area contributed by atoms with Crippen LogP contribution in [0.4, 0.5) is 0 Å². The number of rotatable bonds is 7. The molecule has 3 heterocycles. The van der Waals surface area contributed by atoms with Gasteiger partial charge in [0.25, 0.3) is 0 Å². The number of hydrogen-bond acceptors (Lipinski definition) is 15. The first-order valence-corrected chi connectivity index (χ1v) is 13.3. The van der Waals surface area contributed by atoms with Crippen LogP contribution < -0.4 is 14.9 Å². The highest BCUT2D eigenvalue weighted by molar-refractivity contribution is 5.86. The quantitative estimate of drug-likeness (QED) is 0.159. The number of aromatic hydroxyl groups is 2. The SMILES string of the molecule is COc1ccc(-c2cc(=O)c3c(O)cc(O[C@@H]4O[C@@H](CO[C@@H]5O[C@@H](C)[C@H](O)[C@H](O)[C@H]5O)[C@@H](O)[C@H](O)[C@@H]4O)cc3o2)cc1O. The summed E-state index contributed by atoms with van der Waals surface area (Å²) in [5.74, 6) is -0.605. The largest absolute Gasteiger partial charge is 0.507 e. The van der Waals surface area contributed by atoms with Crippen molar-refractivity contribution in [1.82, 2.24) is 0 Å². The molecule has 3 aromatic rings. The van der Waals surface area contributed by atoms with Gasteiger partial charge in [-0.15, -0.1) is 0 Å². The molecule has 15 nitrogen and oxygen atoms in total. The lowest BCUT2D eigenvalue weighted by Crippen LogP contribution is -2.61. The molecule has 0 spiro atoms. The third-order valence-electron chi connectivity index (χ3n) is 7.40. The lowest BCUT2D eigenvalue weighted by Gasteiger charge is -2.42. The molecular weight excluding hydrogens is 576 g/mol. The molecule has 1 aromatic heterocycles. The third kappa shape index (κ3) is 5.99. The van der Waals surface area contributed by atoms with Crippen LogP contribution in [0.5, 0.6) is 23.0 Å². The summed E-state index contributed by atoms with van der Waals surface area (Å²) in [6, 6.07) is 7.78. The van der Waals surface area contributed by atoms with Gasteiger partial charge in [-0.05, 0) is 25.1 Å². The summed E-state index contributed by atoms with van der Waals surface area (Å²) < 4.78 is 32.9. The van der Waals surface area contributed by atoms with Crippen molar-refractivity contribution in [2.45, 2.75) is 68.3 Å². The Morgan fingerprint density at radius 3 is 2.19 bits per heavy atom. The normalized spacial score (nSPS) is 32.9. The fourth-order valence-corrected chi connectivity index (χ4v) is 4.92. The van der Waals surface area contributed by atoms with Gasteiger partial charge in [0.2, 0.25) is 6.29 Å². The van der Waals surface area contributed by atoms with Crippen LogP contribution in [0.25, 0.3) is 22.3 Å². The summed E-state index contributed by atoms with van der Waals surface area (Å²) in [7, 11) is 1.38. The summed E-state index contributed by atoms with van der Waals surface area (Å²) in [5, 5.41) is 82.0. The van der Waals surface area contributed by atoms with E-state index in [1.165, 1.54) is 32.2 Å². The van der Waals surface area contributed by atoms with Crippen LogP contribution >= 0.6 is 0 Å². The summed E-state index contributed by atoms with van der Waals surface area (Å²) >= 11 is 0. The molecule has 2 aliphatic rings. The molecule has 2 fully saturated rings. The predicted octanol–water partition coefficient (Wildman–Crippen LogP) is -1.09. The summed E-state index contributed by atoms with van der Waals surface area (Å²) in [6.07, 6.45) is -15.0. The van der Waals surface area contributed by atoms with Gasteiger partial charge in [-0.2, -0.15) is 0 Å². The smallest absolute Gasteiger partial charge is 0.229 e. The molecular formula is C28H32O15. The minimum Gasteiger partial charge on any atom is -0.507 e. The third-order valence-corrected chi connectivity index (χ3v) is 7.40. The van der Waals surface area contributed by atoms with E-state index in [-0.39, 0.29) is 34.0 Å². The van der Waals surface area contributed by atoms with E-state index in [1.807, 2.05) is 0 Å². The average Bonchev–Trinajstić information content (AvgIpc) is 2.97. The molecule has 2 aromatic carbocycles. The van der Waals surface area contributed by atoms with Gasteiger partial charge < -0.3 is 69.0 Å². The van der Waals surface area contributed by atoms with E-state index < -0.39 is 79.2 Å². The first-order chi connectivity index (χ1) is 20.4. The summed E-state index contributed by atoms with van der Waals surface area (Å²) in [6.45, 7) is 0.953. The maximum Gasteiger partial charge on any atom is 0.229 e. The van der Waals surface area contributed by atoms with Crippen molar-refractivity contribution >= 4 is 11.0 Å². The monoisotopic (exact) mass is 608 g/mol. The van der Waals surface area contributed by atoms with Crippen molar-refractivity contribution in [3.05, 3.63) is 46.6 Å². The maximum absolute atomic E-state index is 12.8. The molecule has 15 heteroatoms. The van der Waals surface area contributed by atoms with Crippen molar-refractivity contribution in [1.29, 1.82) is 0 Å². The van der Waals surface area contributed by atoms with Gasteiger partial charge >= 0.3 is 0 Å². The number of methoxy groups -OCH3 is 1. The van der Waals surface area contributed by atoms with E-state index in [2.05, 4.69) is 0 Å². The van der Waals surface area contributed by atoms with Gasteiger partial charge in [0, 0.05) is 23.8 Å². The number of phenols is 2. The van der Waals surface area contributed by atoms with Crippen LogP contribution in [0.3, 0.4) is 0 Å². The maximum atomic E-state index is 12.8. The van der Waals surface area contributed by atoms with E-state index in [0.717, 1.165) is 12.1 Å². The Balaban J connectivity index is 1.36. The first-order valence-electron chi connectivity index (χ1n) is 13.3. The summed E-state index contributed by atoms with van der Waals surface area (Å²) in [4.78, 5) is 12.8. The van der Waals surface area contributed by atoms with Crippen molar-refractivity contribution in [2.75, 3.05) is 13.7 Å². The van der Waals surface area contributed by atoms with Crippen molar-refractivity contribution in [3.8, 4) is 34.3 Å². The van der Waals surface area contributed by atoms with Gasteiger partial charge in [0.15, 0.2) is 23.2 Å². The van der Waals surface area contributed by atoms with E-state index in [4.69, 9.17) is 28.1 Å². The fourth-order valence-electron chi connectivity index (χ4n) is 4.92. The van der Waals surface area contributed by atoms with E-state index >= 15 is 0 Å². The van der Waals surface area contributed by atoms with Crippen molar-refractivity contribution < 1.29 is 69.0 Å². The molecule has 5 rings (SSSR count). The molecule has 10 atom stereocenters. The van der Waals surface area contributed by atoms with E-state index in [1.54, 1.807) is 6.07 Å². The zero-order valence-corrected chi connectivity index (χ0v) is 22.9. The van der Waals surface area contributed by atoms with Gasteiger partial charge in [-0.1, -0.05) is 0 Å². The molecule has 43 heavy (non-hydrogen) atoms. The first kappa shape index (κ1) is 30.9. The highest BCUT2D eigenvalue weighted by atomic mass is 16.7. The molecule has 0 saturated carbocycles. The second kappa shape index (κ2) is 12.2. The predicted molar refractivity (Wildman–Crippen MR) is 143 cm³/mol. The number of hydrogen-bond donors (Lipinski definition) is 8. The zero-order valence-electron chi connectivity index (χ0n) is 22.9. The van der Waals surface area contributed by atoms with Gasteiger partial charge in [0.1, 0.15) is 71.0 Å². The summed E-state index contributed by atoms with van der Waals surface area (Å²) in [5.41, 5.74) is -0.381. The van der Waals surface area contributed by atoms with Crippen molar-refractivity contribution in [2.24, 2.45) is 0 Å². The number of phenolic OH excluding ortho intramolecular Hbond substituents is 2. The Hall–Kier alpha value is -3.51. The van der Waals surface area contributed by atoms with Gasteiger partial charge in [0.05, 0.1) is 19.8 Å². The molecule has 234 valence electrons. The van der Waals surface area contributed by atoms with E-state index in [0.29, 0.717) is 5.56 Å². The molecule has 0 bridgehead atoms. The Labute approximate surface area is 243 Å². The number of fused-ring (bicyclic) bond motifs is 1. The lowest BCUT2D eigenvalue weighted by atomic mass is 9.98. The highest BCUT2D eigenvalue weighted by Crippen LogP contribution is 2.35. The number of aliphatic hydroxyl groups excluding tert-OH is 6. The fraction of sp³-hybridized carbons (Fsp3) is 0.464. The van der Waals surface area contributed by atoms with Gasteiger partial charge in [-0.25, -0.2) is 0 Å². The van der Waals surface area contributed by atoms with E-state index in [9.17, 15) is 45.6 Å². The lowest BCUT2D eigenvalue weighted by molar-refractivity contribution is -0.318. The minimum absolute atomic E-state index is 0.0517. The zero-order chi connectivity index (χ0) is 31.2. The second-order valence-corrected chi connectivity index (χ2v) is 10.3. The Bertz CT molecular complexity index is 1510. The topological polar surface area (TPSA) is 238 Å². The molecule has 2 saturated heterocycles. The second-order valence-electron chi connectivity index (χ2n) is 10.3. The molecule has 0 aliphatic carbocycles. The molecule has 0 amide bonds. The van der Waals surface area contributed by atoms with Crippen molar-refractivity contribution in [3.63, 3.8) is 0 Å². The number of aliphatic hydroxyl groups is 6. The molecule has 2 aliphatic heterocycles. The van der Waals surface area contributed by atoms with Crippen LogP contribution in [-0.4, -0.2) is 116 Å². The standard InChI is InChI=1S/C28H32O15/c1-10-21(32)23(34)25(36)27(40-10)39-9-19-22(33)24(35)26(37)28(43-19)41-12-6-14(30)20-15(31)8-17(42-18(20)7-12)11-3-4-16(38-2)13(29)5-11/h3-8,10,19,21-30,32-37H,9H2,1-2H3/t10-,19-,21-,22+,23-,24-,25+,26-,27+,28+/m0/s1. The Kier molecular flexibility index (Phi) is 8.80. The highest BCUT2D eigenvalue weighted by Gasteiger charge is 2.47. The molecule has 0 radical (unpaired) electrons. The van der Waals surface area contributed by atoms with Crippen LogP contribution in [0.2, 0.25) is 0 Å². The Morgan fingerprint density at radius 2 is 1.49 bits per heavy atom. The number of benzene rings is 2. The molecule has 8 N–H and O–H groups in total. The van der Waals surface area contributed by atoms with Crippen LogP contribution in [0, 0.1) is 0 Å². The van der Waals surface area contributed by atoms with Gasteiger partial charge in [-0.3, -0.25) is 4.79 Å². The Morgan fingerprint density at radius 1 is 0.791 bits per heavy atom. The van der Waals surface area contributed by atoms with Crippen LogP contribution in [0.1, 0.15) is 6.92 Å². The average molecular weight is 609 g/mol. The number of ether oxygens (including phenoxy) is 5. The minimum atomic E-state index is -1.78.